The lowest BCUT2D eigenvalue weighted by Crippen LogP contribution is -2.30. The number of urea groups is 1. The number of rotatable bonds is 3. The Labute approximate surface area is 121 Å². The van der Waals surface area contributed by atoms with Crippen molar-refractivity contribution in [2.45, 2.75) is 6.18 Å². The Kier molecular flexibility index (Phi) is 4.26. The molecule has 1 N–H and O–H groups in total. The van der Waals surface area contributed by atoms with Gasteiger partial charge in [0.1, 0.15) is 5.82 Å². The summed E-state index contributed by atoms with van der Waals surface area (Å²) >= 11 is 0. The topological polar surface area (TPSA) is 93.4 Å². The van der Waals surface area contributed by atoms with E-state index in [4.69, 9.17) is 0 Å². The fraction of sp³-hybridized carbons (Fsp3) is 0.273. The van der Waals surface area contributed by atoms with Crippen LogP contribution in [0.1, 0.15) is 5.89 Å². The lowest BCUT2D eigenvalue weighted by molar-refractivity contribution is -0.159. The fourth-order valence-corrected chi connectivity index (χ4v) is 1.33. The Balaban J connectivity index is 2.12. The van der Waals surface area contributed by atoms with Crippen molar-refractivity contribution in [1.82, 2.24) is 20.2 Å². The van der Waals surface area contributed by atoms with Gasteiger partial charge in [0, 0.05) is 18.8 Å². The zero-order chi connectivity index (χ0) is 16.3. The van der Waals surface area contributed by atoms with Gasteiger partial charge in [0.2, 0.25) is 5.82 Å². The van der Waals surface area contributed by atoms with Gasteiger partial charge in [-0.25, -0.2) is 14.8 Å². The number of alkyl halides is 3. The van der Waals surface area contributed by atoms with E-state index in [0.717, 1.165) is 5.06 Å². The maximum absolute atomic E-state index is 12.4. The molecule has 0 atom stereocenters. The van der Waals surface area contributed by atoms with Gasteiger partial charge in [0.25, 0.3) is 0 Å². The zero-order valence-electron chi connectivity index (χ0n) is 11.4. The SMILES string of the molecule is CON(C)C(=O)Nc1ccc(-c2noc(C(F)(F)F)n2)cn1. The van der Waals surface area contributed by atoms with Crippen molar-refractivity contribution in [2.24, 2.45) is 0 Å². The number of halogens is 3. The van der Waals surface area contributed by atoms with Crippen LogP contribution in [0, 0.1) is 0 Å². The second kappa shape index (κ2) is 5.97. The van der Waals surface area contributed by atoms with Gasteiger partial charge in [-0.3, -0.25) is 10.2 Å². The molecule has 22 heavy (non-hydrogen) atoms. The summed E-state index contributed by atoms with van der Waals surface area (Å²) in [6.07, 6.45) is -3.51. The molecule has 0 saturated carbocycles. The molecule has 2 rings (SSSR count). The maximum Gasteiger partial charge on any atom is 0.471 e. The first-order valence-corrected chi connectivity index (χ1v) is 5.77. The van der Waals surface area contributed by atoms with Crippen LogP contribution in [0.3, 0.4) is 0 Å². The van der Waals surface area contributed by atoms with Crippen molar-refractivity contribution in [2.75, 3.05) is 19.5 Å². The van der Waals surface area contributed by atoms with E-state index in [1.807, 2.05) is 0 Å². The smallest absolute Gasteiger partial charge is 0.329 e. The molecule has 0 spiro atoms. The molecular formula is C11H10F3N5O3. The molecule has 0 bridgehead atoms. The van der Waals surface area contributed by atoms with Crippen LogP contribution >= 0.6 is 0 Å². The molecule has 118 valence electrons. The summed E-state index contributed by atoms with van der Waals surface area (Å²) in [5.74, 6) is -1.52. The molecule has 0 saturated heterocycles. The summed E-state index contributed by atoms with van der Waals surface area (Å²) in [5.41, 5.74) is 0.206. The van der Waals surface area contributed by atoms with Gasteiger partial charge in [-0.1, -0.05) is 5.16 Å². The molecule has 0 fully saturated rings. The highest BCUT2D eigenvalue weighted by molar-refractivity contribution is 5.87. The van der Waals surface area contributed by atoms with Crippen molar-refractivity contribution in [3.8, 4) is 11.4 Å². The van der Waals surface area contributed by atoms with Crippen molar-refractivity contribution in [3.05, 3.63) is 24.2 Å². The molecule has 0 aliphatic carbocycles. The molecule has 2 amide bonds. The van der Waals surface area contributed by atoms with Crippen LogP contribution in [0.25, 0.3) is 11.4 Å². The minimum Gasteiger partial charge on any atom is -0.329 e. The number of pyridine rings is 1. The summed E-state index contributed by atoms with van der Waals surface area (Å²) in [4.78, 5) is 23.3. The second-order valence-electron chi connectivity index (χ2n) is 3.96. The summed E-state index contributed by atoms with van der Waals surface area (Å²) in [6, 6.07) is 2.20. The van der Waals surface area contributed by atoms with Crippen LogP contribution < -0.4 is 5.32 Å². The van der Waals surface area contributed by atoms with Crippen LogP contribution in [-0.2, 0) is 11.0 Å². The normalized spacial score (nSPS) is 11.3. The second-order valence-corrected chi connectivity index (χ2v) is 3.96. The summed E-state index contributed by atoms with van der Waals surface area (Å²) in [5, 5.41) is 6.57. The molecule has 2 aromatic rings. The van der Waals surface area contributed by atoms with Crippen LogP contribution in [0.2, 0.25) is 0 Å². The summed E-state index contributed by atoms with van der Waals surface area (Å²) in [7, 11) is 2.70. The molecule has 0 aliphatic heterocycles. The Bertz CT molecular complexity index is 656. The van der Waals surface area contributed by atoms with E-state index >= 15 is 0 Å². The number of hydrogen-bond acceptors (Lipinski definition) is 6. The lowest BCUT2D eigenvalue weighted by atomic mass is 10.2. The number of carbonyl (C=O) groups is 1. The van der Waals surface area contributed by atoms with E-state index in [2.05, 4.69) is 29.8 Å². The predicted octanol–water partition coefficient (Wildman–Crippen LogP) is 2.18. The van der Waals surface area contributed by atoms with Crippen LogP contribution in [0.4, 0.5) is 23.8 Å². The Hall–Kier alpha value is -2.69. The average Bonchev–Trinajstić information content (AvgIpc) is 2.97. The fourth-order valence-electron chi connectivity index (χ4n) is 1.33. The number of nitrogens with one attached hydrogen (secondary N) is 1. The maximum atomic E-state index is 12.4. The minimum absolute atomic E-state index is 0.178. The first-order chi connectivity index (χ1) is 10.3. The Morgan fingerprint density at radius 3 is 2.64 bits per heavy atom. The number of nitrogens with zero attached hydrogens (tertiary/aromatic N) is 4. The zero-order valence-corrected chi connectivity index (χ0v) is 11.4. The lowest BCUT2D eigenvalue weighted by Gasteiger charge is -2.13. The number of amides is 2. The van der Waals surface area contributed by atoms with Crippen molar-refractivity contribution in [3.63, 3.8) is 0 Å². The number of hydroxylamine groups is 2. The largest absolute Gasteiger partial charge is 0.471 e. The van der Waals surface area contributed by atoms with Crippen molar-refractivity contribution >= 4 is 11.8 Å². The first-order valence-electron chi connectivity index (χ1n) is 5.77. The van der Waals surface area contributed by atoms with Crippen molar-refractivity contribution in [1.29, 1.82) is 0 Å². The molecule has 0 aliphatic rings. The minimum atomic E-state index is -4.71. The van der Waals surface area contributed by atoms with Gasteiger partial charge in [-0.05, 0) is 12.1 Å². The van der Waals surface area contributed by atoms with E-state index in [9.17, 15) is 18.0 Å². The standard InChI is InChI=1S/C11H10F3N5O3/c1-19(21-2)10(20)16-7-4-3-6(5-15-7)8-17-9(22-18-8)11(12,13)14/h3-5H,1-2H3,(H,15,16,20). The quantitative estimate of drug-likeness (QED) is 0.872. The van der Waals surface area contributed by atoms with Crippen LogP contribution in [-0.4, -0.2) is 40.4 Å². The monoisotopic (exact) mass is 317 g/mol. The van der Waals surface area contributed by atoms with Gasteiger partial charge in [0.15, 0.2) is 0 Å². The van der Waals surface area contributed by atoms with Gasteiger partial charge in [-0.15, -0.1) is 0 Å². The van der Waals surface area contributed by atoms with Gasteiger partial charge in [-0.2, -0.15) is 18.2 Å². The highest BCUT2D eigenvalue weighted by Gasteiger charge is 2.38. The number of anilines is 1. The number of hydrogen-bond donors (Lipinski definition) is 1. The molecular weight excluding hydrogens is 307 g/mol. The molecule has 0 unspecified atom stereocenters. The summed E-state index contributed by atoms with van der Waals surface area (Å²) in [6.45, 7) is 0. The third-order valence-electron chi connectivity index (χ3n) is 2.49. The Morgan fingerprint density at radius 1 is 1.41 bits per heavy atom. The Morgan fingerprint density at radius 2 is 2.14 bits per heavy atom. The third kappa shape index (κ3) is 3.49. The van der Waals surface area contributed by atoms with E-state index in [1.165, 1.54) is 32.5 Å². The number of aromatic nitrogens is 3. The summed E-state index contributed by atoms with van der Waals surface area (Å²) < 4.78 is 41.2. The van der Waals surface area contributed by atoms with Crippen LogP contribution in [0.15, 0.2) is 22.9 Å². The highest BCUT2D eigenvalue weighted by atomic mass is 19.4. The predicted molar refractivity (Wildman–Crippen MR) is 66.3 cm³/mol. The van der Waals surface area contributed by atoms with Gasteiger partial charge >= 0.3 is 18.1 Å². The van der Waals surface area contributed by atoms with Gasteiger partial charge in [0.05, 0.1) is 7.11 Å². The molecule has 2 heterocycles. The highest BCUT2D eigenvalue weighted by Crippen LogP contribution is 2.29. The molecule has 8 nitrogen and oxygen atoms in total. The van der Waals surface area contributed by atoms with Crippen LogP contribution in [0.5, 0.6) is 0 Å². The van der Waals surface area contributed by atoms with E-state index < -0.39 is 18.1 Å². The van der Waals surface area contributed by atoms with Crippen molar-refractivity contribution < 1.29 is 27.3 Å². The third-order valence-corrected chi connectivity index (χ3v) is 2.49. The molecule has 0 radical (unpaired) electrons. The molecule has 0 aromatic carbocycles. The van der Waals surface area contributed by atoms with E-state index in [-0.39, 0.29) is 17.2 Å². The van der Waals surface area contributed by atoms with Gasteiger partial charge < -0.3 is 4.52 Å². The van der Waals surface area contributed by atoms with E-state index in [0.29, 0.717) is 0 Å². The number of carbonyl (C=O) groups excluding carboxylic acids is 1. The molecule has 2 aromatic heterocycles. The van der Waals surface area contributed by atoms with E-state index in [1.54, 1.807) is 0 Å². The average molecular weight is 317 g/mol. The molecule has 11 heteroatoms. The first kappa shape index (κ1) is 15.7.